The summed E-state index contributed by atoms with van der Waals surface area (Å²) in [6.07, 6.45) is 1.90. The lowest BCUT2D eigenvalue weighted by Crippen LogP contribution is -2.37. The van der Waals surface area contributed by atoms with Crippen LogP contribution >= 0.6 is 11.3 Å². The first kappa shape index (κ1) is 21.7. The van der Waals surface area contributed by atoms with Crippen molar-refractivity contribution in [3.63, 3.8) is 0 Å². The molecule has 170 valence electrons. The predicted octanol–water partition coefficient (Wildman–Crippen LogP) is 5.68. The molecule has 2 heterocycles. The fraction of sp³-hybridized carbons (Fsp3) is 0.308. The molecule has 1 saturated heterocycles. The second-order valence-corrected chi connectivity index (χ2v) is 8.96. The number of carbonyl (C=O) groups is 1. The average molecular weight is 463 g/mol. The van der Waals surface area contributed by atoms with Gasteiger partial charge in [-0.25, -0.2) is 4.98 Å². The predicted molar refractivity (Wildman–Crippen MR) is 132 cm³/mol. The first-order valence-electron chi connectivity index (χ1n) is 11.2. The van der Waals surface area contributed by atoms with Crippen molar-refractivity contribution in [3.05, 3.63) is 60.2 Å². The van der Waals surface area contributed by atoms with E-state index in [0.717, 1.165) is 40.4 Å². The van der Waals surface area contributed by atoms with Gasteiger partial charge in [0.25, 0.3) is 5.91 Å². The van der Waals surface area contributed by atoms with Crippen LogP contribution in [0.4, 0.5) is 5.13 Å². The third kappa shape index (κ3) is 4.14. The number of fused-ring (bicyclic) bond motifs is 2. The normalized spacial score (nSPS) is 15.8. The van der Waals surface area contributed by atoms with Gasteiger partial charge in [0.15, 0.2) is 5.13 Å². The first-order chi connectivity index (χ1) is 16.2. The third-order valence-corrected chi connectivity index (χ3v) is 6.92. The van der Waals surface area contributed by atoms with E-state index in [1.165, 1.54) is 11.3 Å². The maximum absolute atomic E-state index is 14.2. The van der Waals surface area contributed by atoms with E-state index in [2.05, 4.69) is 0 Å². The van der Waals surface area contributed by atoms with Crippen LogP contribution in [-0.4, -0.2) is 43.9 Å². The Bertz CT molecular complexity index is 1300. The highest BCUT2D eigenvalue weighted by Gasteiger charge is 2.30. The van der Waals surface area contributed by atoms with Gasteiger partial charge >= 0.3 is 0 Å². The molecule has 0 saturated carbocycles. The summed E-state index contributed by atoms with van der Waals surface area (Å²) in [4.78, 5) is 20.8. The molecule has 0 radical (unpaired) electrons. The Kier molecular flexibility index (Phi) is 6.15. The Morgan fingerprint density at radius 3 is 2.82 bits per heavy atom. The Balaban J connectivity index is 1.65. The number of para-hydroxylation sites is 1. The van der Waals surface area contributed by atoms with Crippen LogP contribution in [0.15, 0.2) is 54.6 Å². The second-order valence-electron chi connectivity index (χ2n) is 7.95. The molecule has 6 nitrogen and oxygen atoms in total. The number of benzene rings is 3. The fourth-order valence-corrected chi connectivity index (χ4v) is 5.31. The van der Waals surface area contributed by atoms with Crippen LogP contribution in [-0.2, 0) is 4.74 Å². The van der Waals surface area contributed by atoms with Crippen LogP contribution in [0.5, 0.6) is 11.5 Å². The second kappa shape index (κ2) is 9.37. The van der Waals surface area contributed by atoms with Crippen LogP contribution in [0, 0.1) is 0 Å². The van der Waals surface area contributed by atoms with Crippen LogP contribution in [0.2, 0.25) is 0 Å². The summed E-state index contributed by atoms with van der Waals surface area (Å²) in [5, 5.41) is 2.49. The number of ether oxygens (including phenoxy) is 3. The van der Waals surface area contributed by atoms with Crippen molar-refractivity contribution in [2.45, 2.75) is 25.9 Å². The molecule has 1 aromatic heterocycles. The van der Waals surface area contributed by atoms with E-state index >= 15 is 0 Å². The summed E-state index contributed by atoms with van der Waals surface area (Å²) < 4.78 is 18.3. The Morgan fingerprint density at radius 1 is 1.15 bits per heavy atom. The summed E-state index contributed by atoms with van der Waals surface area (Å²) in [5.41, 5.74) is 1.31. The van der Waals surface area contributed by atoms with Gasteiger partial charge in [0, 0.05) is 6.61 Å². The van der Waals surface area contributed by atoms with Crippen molar-refractivity contribution in [1.29, 1.82) is 0 Å². The zero-order valence-corrected chi connectivity index (χ0v) is 19.6. The van der Waals surface area contributed by atoms with E-state index in [1.807, 2.05) is 61.5 Å². The molecule has 0 N–H and O–H groups in total. The number of hydrogen-bond donors (Lipinski definition) is 0. The molecule has 5 rings (SSSR count). The molecule has 1 amide bonds. The number of methoxy groups -OCH3 is 1. The molecule has 0 bridgehead atoms. The highest BCUT2D eigenvalue weighted by molar-refractivity contribution is 7.22. The van der Waals surface area contributed by atoms with Gasteiger partial charge in [-0.1, -0.05) is 47.7 Å². The zero-order valence-electron chi connectivity index (χ0n) is 18.7. The molecule has 1 aliphatic rings. The molecule has 1 aliphatic heterocycles. The molecule has 0 aliphatic carbocycles. The third-order valence-electron chi connectivity index (χ3n) is 5.88. The number of hydrogen-bond acceptors (Lipinski definition) is 6. The van der Waals surface area contributed by atoms with Crippen molar-refractivity contribution >= 4 is 43.4 Å². The molecule has 1 unspecified atom stereocenters. The molecule has 0 spiro atoms. The number of thiazole rings is 1. The van der Waals surface area contributed by atoms with Gasteiger partial charge < -0.3 is 14.2 Å². The van der Waals surface area contributed by atoms with Crippen LogP contribution in [0.3, 0.4) is 0 Å². The Hall–Kier alpha value is -3.16. The zero-order chi connectivity index (χ0) is 22.8. The van der Waals surface area contributed by atoms with Crippen LogP contribution in [0.1, 0.15) is 30.1 Å². The number of rotatable bonds is 7. The largest absolute Gasteiger partial charge is 0.494 e. The summed E-state index contributed by atoms with van der Waals surface area (Å²) in [5.74, 6) is 1.14. The monoisotopic (exact) mass is 462 g/mol. The molecule has 1 atom stereocenters. The van der Waals surface area contributed by atoms with E-state index in [0.29, 0.717) is 35.3 Å². The molecule has 7 heteroatoms. The lowest BCUT2D eigenvalue weighted by Gasteiger charge is -2.24. The maximum Gasteiger partial charge on any atom is 0.264 e. The molecular weight excluding hydrogens is 436 g/mol. The molecule has 4 aromatic rings. The minimum Gasteiger partial charge on any atom is -0.494 e. The number of anilines is 1. The lowest BCUT2D eigenvalue weighted by molar-refractivity contribution is 0.0916. The van der Waals surface area contributed by atoms with Crippen molar-refractivity contribution in [2.75, 3.05) is 31.8 Å². The van der Waals surface area contributed by atoms with Crippen molar-refractivity contribution in [2.24, 2.45) is 0 Å². The Labute approximate surface area is 196 Å². The fourth-order valence-electron chi connectivity index (χ4n) is 4.31. The van der Waals surface area contributed by atoms with E-state index in [9.17, 15) is 4.79 Å². The van der Waals surface area contributed by atoms with Crippen LogP contribution < -0.4 is 14.4 Å². The SMILES string of the molecule is CCOc1ccc2ccccc2c1C(=O)N(CC1CCCO1)c1nc2c(OC)cccc2s1. The maximum atomic E-state index is 14.2. The highest BCUT2D eigenvalue weighted by atomic mass is 32.1. The number of nitrogens with zero attached hydrogens (tertiary/aromatic N) is 2. The van der Waals surface area contributed by atoms with Gasteiger partial charge in [0.1, 0.15) is 17.0 Å². The quantitative estimate of drug-likeness (QED) is 0.353. The smallest absolute Gasteiger partial charge is 0.264 e. The van der Waals surface area contributed by atoms with Gasteiger partial charge in [-0.3, -0.25) is 9.69 Å². The van der Waals surface area contributed by atoms with Crippen molar-refractivity contribution in [1.82, 2.24) is 4.98 Å². The summed E-state index contributed by atoms with van der Waals surface area (Å²) in [6.45, 7) is 3.56. The summed E-state index contributed by atoms with van der Waals surface area (Å²) in [7, 11) is 1.63. The van der Waals surface area contributed by atoms with Crippen molar-refractivity contribution in [3.8, 4) is 11.5 Å². The minimum atomic E-state index is -0.135. The van der Waals surface area contributed by atoms with Crippen molar-refractivity contribution < 1.29 is 19.0 Å². The standard InChI is InChI=1S/C26H26N2O4S/c1-3-31-20-14-13-17-8-4-5-10-19(17)23(20)25(29)28(16-18-9-7-15-32-18)26-27-24-21(30-2)11-6-12-22(24)33-26/h4-6,8,10-14,18H,3,7,9,15-16H2,1-2H3. The molecular formula is C26H26N2O4S. The van der Waals surface area contributed by atoms with E-state index in [1.54, 1.807) is 12.0 Å². The molecule has 3 aromatic carbocycles. The van der Waals surface area contributed by atoms with Crippen LogP contribution in [0.25, 0.3) is 21.0 Å². The topological polar surface area (TPSA) is 60.9 Å². The summed E-state index contributed by atoms with van der Waals surface area (Å²) >= 11 is 1.48. The Morgan fingerprint density at radius 2 is 2.03 bits per heavy atom. The van der Waals surface area contributed by atoms with E-state index in [4.69, 9.17) is 19.2 Å². The summed E-state index contributed by atoms with van der Waals surface area (Å²) in [6, 6.07) is 17.6. The number of carbonyl (C=O) groups excluding carboxylic acids is 1. The highest BCUT2D eigenvalue weighted by Crippen LogP contribution is 2.37. The van der Waals surface area contributed by atoms with Gasteiger partial charge in [-0.15, -0.1) is 0 Å². The minimum absolute atomic E-state index is 0.0200. The van der Waals surface area contributed by atoms with E-state index in [-0.39, 0.29) is 12.0 Å². The molecule has 1 fully saturated rings. The number of aromatic nitrogens is 1. The first-order valence-corrected chi connectivity index (χ1v) is 12.0. The van der Waals surface area contributed by atoms with Gasteiger partial charge in [0.05, 0.1) is 36.6 Å². The number of amides is 1. The average Bonchev–Trinajstić information content (AvgIpc) is 3.51. The van der Waals surface area contributed by atoms with Gasteiger partial charge in [0.2, 0.25) is 0 Å². The van der Waals surface area contributed by atoms with E-state index < -0.39 is 0 Å². The molecule has 33 heavy (non-hydrogen) atoms. The lowest BCUT2D eigenvalue weighted by atomic mass is 10.0. The van der Waals surface area contributed by atoms with Gasteiger partial charge in [-0.05, 0) is 48.7 Å². The van der Waals surface area contributed by atoms with Gasteiger partial charge in [-0.2, -0.15) is 0 Å².